The van der Waals surface area contributed by atoms with E-state index >= 15 is 0 Å². The molecule has 20 heavy (non-hydrogen) atoms. The van der Waals surface area contributed by atoms with Crippen LogP contribution in [-0.4, -0.2) is 16.7 Å². The van der Waals surface area contributed by atoms with Crippen LogP contribution in [0, 0.1) is 6.92 Å². The van der Waals surface area contributed by atoms with E-state index < -0.39 is 23.4 Å². The number of anilines is 1. The van der Waals surface area contributed by atoms with Crippen LogP contribution in [0.4, 0.5) is 23.7 Å². The van der Waals surface area contributed by atoms with E-state index in [2.05, 4.69) is 15.9 Å². The molecule has 1 N–H and O–H groups in total. The Balaban J connectivity index is 3.54. The molecule has 1 aromatic carbocycles. The summed E-state index contributed by atoms with van der Waals surface area (Å²) in [5.74, 6) is 0. The van der Waals surface area contributed by atoms with Crippen LogP contribution >= 0.6 is 15.9 Å². The number of halogens is 4. The third-order valence-electron chi connectivity index (χ3n) is 2.75. The number of hydrogen-bond donors (Lipinski definition) is 1. The summed E-state index contributed by atoms with van der Waals surface area (Å²) in [6, 6.07) is 2.24. The molecule has 0 atom stereocenters. The maximum Gasteiger partial charge on any atom is 0.416 e. The Kier molecular flexibility index (Phi) is 4.43. The second-order valence-corrected chi connectivity index (χ2v) is 6.24. The summed E-state index contributed by atoms with van der Waals surface area (Å²) < 4.78 is 39.2. The minimum absolute atomic E-state index is 0.0187. The van der Waals surface area contributed by atoms with Gasteiger partial charge in [-0.1, -0.05) is 15.9 Å². The van der Waals surface area contributed by atoms with Gasteiger partial charge in [0.1, 0.15) is 0 Å². The molecule has 0 aliphatic carbocycles. The van der Waals surface area contributed by atoms with E-state index in [0.29, 0.717) is 0 Å². The van der Waals surface area contributed by atoms with E-state index in [1.165, 1.54) is 13.0 Å². The van der Waals surface area contributed by atoms with Gasteiger partial charge in [-0.25, -0.2) is 4.79 Å². The molecule has 112 valence electrons. The van der Waals surface area contributed by atoms with Gasteiger partial charge >= 0.3 is 12.3 Å². The first-order chi connectivity index (χ1) is 8.85. The highest BCUT2D eigenvalue weighted by molar-refractivity contribution is 9.10. The third kappa shape index (κ3) is 3.45. The molecule has 7 heteroatoms. The van der Waals surface area contributed by atoms with Gasteiger partial charge in [0.15, 0.2) is 0 Å². The molecule has 0 spiro atoms. The number of nitrogens with zero attached hydrogens (tertiary/aromatic N) is 1. The molecule has 0 aromatic heterocycles. The van der Waals surface area contributed by atoms with Crippen molar-refractivity contribution in [1.29, 1.82) is 0 Å². The lowest BCUT2D eigenvalue weighted by molar-refractivity contribution is -0.138. The highest BCUT2D eigenvalue weighted by Gasteiger charge is 2.36. The van der Waals surface area contributed by atoms with Crippen LogP contribution in [0.3, 0.4) is 0 Å². The number of carboxylic acid groups (broad SMARTS) is 1. The Hall–Kier alpha value is -1.24. The van der Waals surface area contributed by atoms with Crippen molar-refractivity contribution in [1.82, 2.24) is 0 Å². The lowest BCUT2D eigenvalue weighted by Crippen LogP contribution is -2.45. The van der Waals surface area contributed by atoms with Crippen molar-refractivity contribution in [2.45, 2.75) is 39.4 Å². The Morgan fingerprint density at radius 2 is 1.75 bits per heavy atom. The molecule has 0 radical (unpaired) electrons. The zero-order valence-corrected chi connectivity index (χ0v) is 13.1. The Morgan fingerprint density at radius 3 is 2.10 bits per heavy atom. The molecule has 0 aliphatic heterocycles. The van der Waals surface area contributed by atoms with Crippen LogP contribution in [0.1, 0.15) is 31.9 Å². The largest absolute Gasteiger partial charge is 0.465 e. The molecule has 1 aromatic rings. The molecule has 0 bridgehead atoms. The smallest absolute Gasteiger partial charge is 0.416 e. The van der Waals surface area contributed by atoms with Crippen molar-refractivity contribution in [2.75, 3.05) is 4.90 Å². The number of hydrogen-bond acceptors (Lipinski definition) is 1. The molecule has 0 saturated carbocycles. The van der Waals surface area contributed by atoms with Gasteiger partial charge in [-0.15, -0.1) is 0 Å². The molecule has 0 fully saturated rings. The summed E-state index contributed by atoms with van der Waals surface area (Å²) in [4.78, 5) is 12.2. The minimum Gasteiger partial charge on any atom is -0.465 e. The predicted molar refractivity (Wildman–Crippen MR) is 74.1 cm³/mol. The second kappa shape index (κ2) is 5.27. The van der Waals surface area contributed by atoms with E-state index in [1.54, 1.807) is 20.8 Å². The maximum absolute atomic E-state index is 13.0. The fraction of sp³-hybridized carbons (Fsp3) is 0.462. The van der Waals surface area contributed by atoms with E-state index in [4.69, 9.17) is 0 Å². The second-order valence-electron chi connectivity index (χ2n) is 5.39. The number of alkyl halides is 3. The Labute approximate surface area is 123 Å². The molecule has 3 nitrogen and oxygen atoms in total. The number of benzene rings is 1. The van der Waals surface area contributed by atoms with Crippen molar-refractivity contribution in [2.24, 2.45) is 0 Å². The maximum atomic E-state index is 13.0. The lowest BCUT2D eigenvalue weighted by atomic mass is 10.0. The summed E-state index contributed by atoms with van der Waals surface area (Å²) >= 11 is 3.05. The Morgan fingerprint density at radius 1 is 1.25 bits per heavy atom. The van der Waals surface area contributed by atoms with Crippen molar-refractivity contribution in [3.63, 3.8) is 0 Å². The van der Waals surface area contributed by atoms with Crippen molar-refractivity contribution in [3.8, 4) is 0 Å². The summed E-state index contributed by atoms with van der Waals surface area (Å²) in [5, 5.41) is 9.25. The molecular weight excluding hydrogens is 339 g/mol. The quantitative estimate of drug-likeness (QED) is 0.766. The first kappa shape index (κ1) is 16.8. The van der Waals surface area contributed by atoms with Gasteiger partial charge < -0.3 is 5.11 Å². The average Bonchev–Trinajstić information content (AvgIpc) is 2.18. The normalized spacial score (nSPS) is 12.4. The monoisotopic (exact) mass is 353 g/mol. The van der Waals surface area contributed by atoms with Crippen LogP contribution in [0.15, 0.2) is 16.6 Å². The topological polar surface area (TPSA) is 40.5 Å². The summed E-state index contributed by atoms with van der Waals surface area (Å²) in [7, 11) is 0. The van der Waals surface area contributed by atoms with Crippen LogP contribution < -0.4 is 4.90 Å². The number of amides is 1. The van der Waals surface area contributed by atoms with Crippen molar-refractivity contribution < 1.29 is 23.1 Å². The first-order valence-corrected chi connectivity index (χ1v) is 6.55. The Bertz CT molecular complexity index is 536. The van der Waals surface area contributed by atoms with E-state index in [0.717, 1.165) is 11.0 Å². The van der Waals surface area contributed by atoms with Crippen LogP contribution in [-0.2, 0) is 6.18 Å². The fourth-order valence-electron chi connectivity index (χ4n) is 1.87. The van der Waals surface area contributed by atoms with E-state index in [1.807, 2.05) is 0 Å². The summed E-state index contributed by atoms with van der Waals surface area (Å²) in [6.07, 6.45) is -5.84. The van der Waals surface area contributed by atoms with Gasteiger partial charge in [0.2, 0.25) is 0 Å². The zero-order valence-electron chi connectivity index (χ0n) is 11.5. The molecule has 0 aliphatic rings. The van der Waals surface area contributed by atoms with Gasteiger partial charge in [-0.05, 0) is 45.4 Å². The molecule has 0 saturated heterocycles. The number of carbonyl (C=O) groups is 1. The third-order valence-corrected chi connectivity index (χ3v) is 3.58. The molecule has 1 amide bonds. The minimum atomic E-state index is -4.54. The van der Waals surface area contributed by atoms with Gasteiger partial charge in [-0.2, -0.15) is 13.2 Å². The van der Waals surface area contributed by atoms with Gasteiger partial charge in [-0.3, -0.25) is 4.90 Å². The first-order valence-electron chi connectivity index (χ1n) is 5.76. The van der Waals surface area contributed by atoms with Crippen molar-refractivity contribution in [3.05, 3.63) is 27.7 Å². The summed E-state index contributed by atoms with van der Waals surface area (Å²) in [6.45, 7) is 6.17. The van der Waals surface area contributed by atoms with Crippen LogP contribution in [0.25, 0.3) is 0 Å². The highest BCUT2D eigenvalue weighted by atomic mass is 79.9. The standard InChI is InChI=1S/C13H15BrF3NO2/c1-7-9(13(15,16)17)5-8(6-10(7)14)18(11(19)20)12(2,3)4/h5-6H,1-4H3,(H,19,20). The van der Waals surface area contributed by atoms with Crippen LogP contribution in [0.2, 0.25) is 0 Å². The van der Waals surface area contributed by atoms with Crippen LogP contribution in [0.5, 0.6) is 0 Å². The van der Waals surface area contributed by atoms with Gasteiger partial charge in [0.25, 0.3) is 0 Å². The molecular formula is C13H15BrF3NO2. The summed E-state index contributed by atoms with van der Waals surface area (Å²) in [5.41, 5.74) is -1.70. The predicted octanol–water partition coefficient (Wildman–Crippen LogP) is 5.06. The molecule has 0 unspecified atom stereocenters. The van der Waals surface area contributed by atoms with E-state index in [-0.39, 0.29) is 15.7 Å². The van der Waals surface area contributed by atoms with Gasteiger partial charge in [0, 0.05) is 15.7 Å². The van der Waals surface area contributed by atoms with Gasteiger partial charge in [0.05, 0.1) is 5.56 Å². The van der Waals surface area contributed by atoms with Crippen molar-refractivity contribution >= 4 is 27.7 Å². The lowest BCUT2D eigenvalue weighted by Gasteiger charge is -2.34. The average molecular weight is 354 g/mol. The highest BCUT2D eigenvalue weighted by Crippen LogP contribution is 2.39. The van der Waals surface area contributed by atoms with E-state index in [9.17, 15) is 23.1 Å². The zero-order chi connectivity index (χ0) is 15.9. The molecule has 0 heterocycles. The number of rotatable bonds is 1. The fourth-order valence-corrected chi connectivity index (χ4v) is 2.32. The molecule has 1 rings (SSSR count). The SMILES string of the molecule is Cc1c(Br)cc(N(C(=O)O)C(C)(C)C)cc1C(F)(F)F.